The van der Waals surface area contributed by atoms with Gasteiger partial charge in [0.15, 0.2) is 0 Å². The van der Waals surface area contributed by atoms with Gasteiger partial charge < -0.3 is 14.8 Å². The lowest BCUT2D eigenvalue weighted by molar-refractivity contribution is 0.326. The summed E-state index contributed by atoms with van der Waals surface area (Å²) in [6.07, 6.45) is 7.55. The van der Waals surface area contributed by atoms with E-state index in [9.17, 15) is 8.42 Å². The first-order valence-corrected chi connectivity index (χ1v) is 15.1. The van der Waals surface area contributed by atoms with E-state index in [0.29, 0.717) is 11.5 Å². The molecule has 3 heterocycles. The minimum atomic E-state index is -3.64. The molecule has 0 aliphatic carbocycles. The van der Waals surface area contributed by atoms with Crippen molar-refractivity contribution in [3.8, 4) is 11.3 Å². The van der Waals surface area contributed by atoms with Gasteiger partial charge in [0, 0.05) is 46.6 Å². The highest BCUT2D eigenvalue weighted by molar-refractivity contribution is 7.92. The summed E-state index contributed by atoms with van der Waals surface area (Å²) in [5.41, 5.74) is 4.36. The van der Waals surface area contributed by atoms with Gasteiger partial charge in [0.1, 0.15) is 12.1 Å². The summed E-state index contributed by atoms with van der Waals surface area (Å²) in [5.74, 6) is 0.655. The van der Waals surface area contributed by atoms with Crippen LogP contribution in [0, 0.1) is 0 Å². The monoisotopic (exact) mass is 552 g/mol. The highest BCUT2D eigenvalue weighted by Gasteiger charge is 2.14. The molecule has 40 heavy (non-hydrogen) atoms. The maximum Gasteiger partial charge on any atom is 0.261 e. The lowest BCUT2D eigenvalue weighted by Crippen LogP contribution is -2.21. The Morgan fingerprint density at radius 1 is 0.800 bits per heavy atom. The minimum Gasteiger partial charge on any atom is -0.347 e. The van der Waals surface area contributed by atoms with Crippen molar-refractivity contribution < 1.29 is 8.42 Å². The summed E-state index contributed by atoms with van der Waals surface area (Å²) in [6, 6.07) is 25.9. The standard InChI is InChI=1S/C31H32N6O2S/c38-40(39,28-7-2-1-3-8-28)35-27-12-10-26(11-13-27)34-31-22-29(32-23-33-31)24-9-14-30-25(21-24)15-20-37(30)19-6-18-36-16-4-5-17-36/h1-3,7-15,20-23,35H,4-6,16-19H2,(H,32,33,34). The number of benzene rings is 3. The molecule has 1 saturated heterocycles. The van der Waals surface area contributed by atoms with Crippen molar-refractivity contribution in [2.75, 3.05) is 29.7 Å². The minimum absolute atomic E-state index is 0.220. The summed E-state index contributed by atoms with van der Waals surface area (Å²) in [7, 11) is -3.64. The number of aryl methyl sites for hydroxylation is 1. The van der Waals surface area contributed by atoms with Crippen LogP contribution in [-0.4, -0.2) is 47.5 Å². The van der Waals surface area contributed by atoms with Crippen LogP contribution in [0.4, 0.5) is 17.2 Å². The van der Waals surface area contributed by atoms with Gasteiger partial charge in [-0.2, -0.15) is 0 Å². The van der Waals surface area contributed by atoms with Crippen LogP contribution in [0.1, 0.15) is 19.3 Å². The Labute approximate surface area is 234 Å². The molecule has 6 rings (SSSR count). The van der Waals surface area contributed by atoms with E-state index >= 15 is 0 Å². The second kappa shape index (κ2) is 11.5. The second-order valence-corrected chi connectivity index (χ2v) is 11.8. The summed E-state index contributed by atoms with van der Waals surface area (Å²) in [5, 5.41) is 4.48. The van der Waals surface area contributed by atoms with Gasteiger partial charge in [-0.3, -0.25) is 4.72 Å². The molecule has 1 aliphatic heterocycles. The third kappa shape index (κ3) is 6.00. The molecule has 1 aliphatic rings. The SMILES string of the molecule is O=S(=O)(Nc1ccc(Nc2cc(-c3ccc4c(ccn4CCCN4CCCC4)c3)ncn2)cc1)c1ccccc1. The van der Waals surface area contributed by atoms with Crippen LogP contribution in [-0.2, 0) is 16.6 Å². The molecule has 0 spiro atoms. The van der Waals surface area contributed by atoms with Crippen molar-refractivity contribution in [2.24, 2.45) is 0 Å². The van der Waals surface area contributed by atoms with E-state index in [-0.39, 0.29) is 4.90 Å². The Kier molecular flexibility index (Phi) is 7.48. The molecular formula is C31H32N6O2S. The summed E-state index contributed by atoms with van der Waals surface area (Å²) in [4.78, 5) is 11.7. The number of anilines is 3. The molecule has 2 N–H and O–H groups in total. The van der Waals surface area contributed by atoms with Crippen molar-refractivity contribution >= 4 is 38.1 Å². The highest BCUT2D eigenvalue weighted by atomic mass is 32.2. The van der Waals surface area contributed by atoms with Crippen LogP contribution in [0.2, 0.25) is 0 Å². The third-order valence-electron chi connectivity index (χ3n) is 7.27. The molecule has 5 aromatic rings. The largest absolute Gasteiger partial charge is 0.347 e. The van der Waals surface area contributed by atoms with Gasteiger partial charge >= 0.3 is 0 Å². The van der Waals surface area contributed by atoms with Gasteiger partial charge in [-0.15, -0.1) is 0 Å². The first-order valence-electron chi connectivity index (χ1n) is 13.6. The predicted molar refractivity (Wildman–Crippen MR) is 160 cm³/mol. The maximum absolute atomic E-state index is 12.6. The van der Waals surface area contributed by atoms with E-state index in [1.54, 1.807) is 48.8 Å². The molecule has 0 amide bonds. The lowest BCUT2D eigenvalue weighted by atomic mass is 10.1. The number of nitrogens with zero attached hydrogens (tertiary/aromatic N) is 4. The van der Waals surface area contributed by atoms with E-state index in [0.717, 1.165) is 29.9 Å². The van der Waals surface area contributed by atoms with Crippen LogP contribution < -0.4 is 10.0 Å². The van der Waals surface area contributed by atoms with Gasteiger partial charge in [0.25, 0.3) is 10.0 Å². The van der Waals surface area contributed by atoms with Gasteiger partial charge in [-0.25, -0.2) is 18.4 Å². The predicted octanol–water partition coefficient (Wildman–Crippen LogP) is 6.13. The zero-order valence-electron chi connectivity index (χ0n) is 22.2. The van der Waals surface area contributed by atoms with Crippen molar-refractivity contribution in [2.45, 2.75) is 30.7 Å². The molecule has 0 saturated carbocycles. The lowest BCUT2D eigenvalue weighted by Gasteiger charge is -2.14. The van der Waals surface area contributed by atoms with Crippen molar-refractivity contribution in [1.29, 1.82) is 0 Å². The molecule has 0 unspecified atom stereocenters. The summed E-state index contributed by atoms with van der Waals surface area (Å²) in [6.45, 7) is 4.67. The zero-order chi connectivity index (χ0) is 27.4. The van der Waals surface area contributed by atoms with E-state index in [4.69, 9.17) is 0 Å². The number of rotatable bonds is 10. The fourth-order valence-corrected chi connectivity index (χ4v) is 6.27. The number of nitrogens with one attached hydrogen (secondary N) is 2. The van der Waals surface area contributed by atoms with Crippen molar-refractivity contribution in [3.05, 3.63) is 97.5 Å². The molecule has 3 aromatic carbocycles. The average Bonchev–Trinajstić information content (AvgIpc) is 3.65. The zero-order valence-corrected chi connectivity index (χ0v) is 23.0. The first-order chi connectivity index (χ1) is 19.5. The fourth-order valence-electron chi connectivity index (χ4n) is 5.19. The van der Waals surface area contributed by atoms with Crippen LogP contribution in [0.5, 0.6) is 0 Å². The third-order valence-corrected chi connectivity index (χ3v) is 8.67. The molecule has 1 fully saturated rings. The Morgan fingerprint density at radius 3 is 2.38 bits per heavy atom. The van der Waals surface area contributed by atoms with Crippen LogP contribution in [0.15, 0.2) is 102 Å². The molecule has 0 atom stereocenters. The topological polar surface area (TPSA) is 92.2 Å². The maximum atomic E-state index is 12.6. The normalized spacial score (nSPS) is 14.0. The number of sulfonamides is 1. The summed E-state index contributed by atoms with van der Waals surface area (Å²) < 4.78 is 30.1. The van der Waals surface area contributed by atoms with E-state index < -0.39 is 10.0 Å². The molecule has 2 aromatic heterocycles. The molecule has 8 nitrogen and oxygen atoms in total. The van der Waals surface area contributed by atoms with E-state index in [2.05, 4.69) is 59.9 Å². The molecule has 204 valence electrons. The van der Waals surface area contributed by atoms with Crippen molar-refractivity contribution in [1.82, 2.24) is 19.4 Å². The molecule has 0 bridgehead atoms. The van der Waals surface area contributed by atoms with E-state index in [1.165, 1.54) is 43.4 Å². The molecule has 9 heteroatoms. The van der Waals surface area contributed by atoms with Gasteiger partial charge in [-0.1, -0.05) is 24.3 Å². The van der Waals surface area contributed by atoms with Gasteiger partial charge in [-0.05, 0) is 93.5 Å². The van der Waals surface area contributed by atoms with Crippen LogP contribution in [0.3, 0.4) is 0 Å². The Morgan fingerprint density at radius 2 is 1.57 bits per heavy atom. The number of hydrogen-bond donors (Lipinski definition) is 2. The second-order valence-electron chi connectivity index (χ2n) is 10.1. The van der Waals surface area contributed by atoms with E-state index in [1.807, 2.05) is 18.2 Å². The number of hydrogen-bond acceptors (Lipinski definition) is 6. The van der Waals surface area contributed by atoms with Gasteiger partial charge in [0.2, 0.25) is 0 Å². The summed E-state index contributed by atoms with van der Waals surface area (Å²) >= 11 is 0. The number of likely N-dealkylation sites (tertiary alicyclic amines) is 1. The highest BCUT2D eigenvalue weighted by Crippen LogP contribution is 2.27. The van der Waals surface area contributed by atoms with Gasteiger partial charge in [0.05, 0.1) is 10.6 Å². The number of aromatic nitrogens is 3. The Bertz CT molecular complexity index is 1700. The smallest absolute Gasteiger partial charge is 0.261 e. The fraction of sp³-hybridized carbons (Fsp3) is 0.226. The quantitative estimate of drug-likeness (QED) is 0.217. The van der Waals surface area contributed by atoms with Crippen molar-refractivity contribution in [3.63, 3.8) is 0 Å². The molecular weight excluding hydrogens is 520 g/mol. The Balaban J connectivity index is 1.11. The van der Waals surface area contributed by atoms with Crippen LogP contribution in [0.25, 0.3) is 22.2 Å². The number of fused-ring (bicyclic) bond motifs is 1. The van der Waals surface area contributed by atoms with Crippen LogP contribution >= 0.6 is 0 Å². The molecule has 0 radical (unpaired) electrons. The average molecular weight is 553 g/mol. The first kappa shape index (κ1) is 26.0. The Hall–Kier alpha value is -4.21.